The van der Waals surface area contributed by atoms with E-state index in [1.807, 2.05) is 0 Å². The number of aromatic hydroxyl groups is 1. The average molecular weight is 348 g/mol. The Morgan fingerprint density at radius 3 is 2.46 bits per heavy atom. The van der Waals surface area contributed by atoms with Crippen LogP contribution in [-0.4, -0.2) is 42.9 Å². The lowest BCUT2D eigenvalue weighted by molar-refractivity contribution is -0.136. The molecule has 8 heteroatoms. The van der Waals surface area contributed by atoms with Crippen LogP contribution in [0, 0.1) is 0 Å². The van der Waals surface area contributed by atoms with E-state index in [0.717, 1.165) is 0 Å². The maximum absolute atomic E-state index is 12.1. The Morgan fingerprint density at radius 2 is 1.75 bits per heavy atom. The van der Waals surface area contributed by atoms with Gasteiger partial charge in [0.2, 0.25) is 0 Å². The zero-order valence-corrected chi connectivity index (χ0v) is 13.5. The number of hydrogen-bond acceptors (Lipinski definition) is 5. The van der Waals surface area contributed by atoms with Crippen LogP contribution in [0.1, 0.15) is 6.42 Å². The smallest absolute Gasteiger partial charge is 0.313 e. The van der Waals surface area contributed by atoms with Gasteiger partial charge in [0.15, 0.2) is 9.84 Å². The Morgan fingerprint density at radius 1 is 1.04 bits per heavy atom. The van der Waals surface area contributed by atoms with E-state index >= 15 is 0 Å². The second kappa shape index (κ2) is 6.12. The summed E-state index contributed by atoms with van der Waals surface area (Å²) in [5.41, 5.74) is 0.391. The molecule has 2 aromatic carbocycles. The van der Waals surface area contributed by atoms with Gasteiger partial charge >= 0.3 is 11.8 Å². The van der Waals surface area contributed by atoms with Gasteiger partial charge in [-0.15, -0.1) is 0 Å². The van der Waals surface area contributed by atoms with Crippen molar-refractivity contribution in [3.05, 3.63) is 36.4 Å². The first-order valence-corrected chi connectivity index (χ1v) is 9.21. The van der Waals surface area contributed by atoms with Gasteiger partial charge in [0, 0.05) is 22.5 Å². The van der Waals surface area contributed by atoms with E-state index in [4.69, 9.17) is 0 Å². The van der Waals surface area contributed by atoms with Gasteiger partial charge in [-0.3, -0.25) is 9.59 Å². The standard InChI is InChI=1S/C16H16N2O5S/c19-14-6-2-3-11-12(14)4-1-5-13(11)18-16(21)15(20)17-10-7-8-24(22,23)9-10/h1-6,10,19H,7-9H2,(H,17,20)(H,18,21). The molecule has 1 unspecified atom stereocenters. The molecule has 1 aliphatic heterocycles. The number of sulfone groups is 1. The van der Waals surface area contributed by atoms with Crippen molar-refractivity contribution in [2.75, 3.05) is 16.8 Å². The van der Waals surface area contributed by atoms with Crippen LogP contribution in [0.15, 0.2) is 36.4 Å². The molecule has 0 saturated carbocycles. The molecule has 1 atom stereocenters. The monoisotopic (exact) mass is 348 g/mol. The number of anilines is 1. The summed E-state index contributed by atoms with van der Waals surface area (Å²) in [4.78, 5) is 24.0. The molecule has 2 aromatic rings. The predicted molar refractivity (Wildman–Crippen MR) is 89.4 cm³/mol. The first-order valence-electron chi connectivity index (χ1n) is 7.39. The normalized spacial score (nSPS) is 19.1. The summed E-state index contributed by atoms with van der Waals surface area (Å²) >= 11 is 0. The summed E-state index contributed by atoms with van der Waals surface area (Å²) in [6.45, 7) is 0. The number of rotatable bonds is 2. The minimum absolute atomic E-state index is 0.0160. The molecule has 2 amide bonds. The molecule has 1 saturated heterocycles. The predicted octanol–water partition coefficient (Wildman–Crippen LogP) is 0.787. The largest absolute Gasteiger partial charge is 0.507 e. The van der Waals surface area contributed by atoms with E-state index in [1.54, 1.807) is 30.3 Å². The number of carbonyl (C=O) groups excluding carboxylic acids is 2. The molecule has 0 aromatic heterocycles. The Hall–Kier alpha value is -2.61. The van der Waals surface area contributed by atoms with Gasteiger partial charge < -0.3 is 15.7 Å². The molecule has 24 heavy (non-hydrogen) atoms. The van der Waals surface area contributed by atoms with E-state index < -0.39 is 27.7 Å². The lowest BCUT2D eigenvalue weighted by Crippen LogP contribution is -2.42. The molecule has 0 bridgehead atoms. The number of phenolic OH excluding ortho intramolecular Hbond substituents is 1. The third-order valence-corrected chi connectivity index (χ3v) is 5.69. The first-order chi connectivity index (χ1) is 11.4. The number of fused-ring (bicyclic) bond motifs is 1. The van der Waals surface area contributed by atoms with Crippen LogP contribution >= 0.6 is 0 Å². The molecule has 126 valence electrons. The average Bonchev–Trinajstić information content (AvgIpc) is 2.87. The molecule has 1 heterocycles. The Balaban J connectivity index is 1.73. The van der Waals surface area contributed by atoms with Crippen LogP contribution in [0.4, 0.5) is 5.69 Å². The number of benzene rings is 2. The molecule has 1 aliphatic rings. The number of amides is 2. The molecule has 0 aliphatic carbocycles. The second-order valence-corrected chi connectivity index (χ2v) is 7.93. The lowest BCUT2D eigenvalue weighted by Gasteiger charge is -2.12. The van der Waals surface area contributed by atoms with Gasteiger partial charge in [0.1, 0.15) is 5.75 Å². The van der Waals surface area contributed by atoms with E-state index in [0.29, 0.717) is 22.9 Å². The third-order valence-electron chi connectivity index (χ3n) is 3.92. The van der Waals surface area contributed by atoms with Crippen molar-refractivity contribution in [3.63, 3.8) is 0 Å². The quantitative estimate of drug-likeness (QED) is 0.695. The van der Waals surface area contributed by atoms with E-state index in [-0.39, 0.29) is 17.3 Å². The Bertz CT molecular complexity index is 923. The van der Waals surface area contributed by atoms with Crippen molar-refractivity contribution >= 4 is 38.1 Å². The van der Waals surface area contributed by atoms with Crippen LogP contribution < -0.4 is 10.6 Å². The Kier molecular flexibility index (Phi) is 4.15. The molecule has 7 nitrogen and oxygen atoms in total. The van der Waals surface area contributed by atoms with Gasteiger partial charge in [-0.05, 0) is 18.6 Å². The van der Waals surface area contributed by atoms with E-state index in [2.05, 4.69) is 10.6 Å². The first kappa shape index (κ1) is 16.3. The molecule has 1 fully saturated rings. The molecule has 0 radical (unpaired) electrons. The Labute approximate surface area is 138 Å². The number of nitrogens with one attached hydrogen (secondary N) is 2. The summed E-state index contributed by atoms with van der Waals surface area (Å²) in [6.07, 6.45) is 0.309. The molecule has 3 N–H and O–H groups in total. The highest BCUT2D eigenvalue weighted by atomic mass is 32.2. The molecule has 0 spiro atoms. The van der Waals surface area contributed by atoms with Crippen molar-refractivity contribution in [2.24, 2.45) is 0 Å². The highest BCUT2D eigenvalue weighted by Gasteiger charge is 2.30. The summed E-state index contributed by atoms with van der Waals surface area (Å²) in [5.74, 6) is -1.82. The topological polar surface area (TPSA) is 113 Å². The number of carbonyl (C=O) groups is 2. The van der Waals surface area contributed by atoms with Crippen molar-refractivity contribution in [3.8, 4) is 5.75 Å². The highest BCUT2D eigenvalue weighted by molar-refractivity contribution is 7.91. The van der Waals surface area contributed by atoms with Crippen LogP contribution in [0.25, 0.3) is 10.8 Å². The lowest BCUT2D eigenvalue weighted by atomic mass is 10.1. The molecule has 3 rings (SSSR count). The fourth-order valence-electron chi connectivity index (χ4n) is 2.74. The summed E-state index contributed by atoms with van der Waals surface area (Å²) < 4.78 is 22.8. The van der Waals surface area contributed by atoms with E-state index in [9.17, 15) is 23.1 Å². The third kappa shape index (κ3) is 3.33. The zero-order valence-electron chi connectivity index (χ0n) is 12.7. The van der Waals surface area contributed by atoms with Gasteiger partial charge in [-0.1, -0.05) is 24.3 Å². The van der Waals surface area contributed by atoms with Crippen molar-refractivity contribution in [1.29, 1.82) is 0 Å². The fraction of sp³-hybridized carbons (Fsp3) is 0.250. The van der Waals surface area contributed by atoms with E-state index in [1.165, 1.54) is 6.07 Å². The van der Waals surface area contributed by atoms with Gasteiger partial charge in [0.25, 0.3) is 0 Å². The zero-order chi connectivity index (χ0) is 17.3. The molecular weight excluding hydrogens is 332 g/mol. The highest BCUT2D eigenvalue weighted by Crippen LogP contribution is 2.29. The fourth-order valence-corrected chi connectivity index (χ4v) is 4.41. The van der Waals surface area contributed by atoms with Crippen LogP contribution in [0.5, 0.6) is 5.75 Å². The van der Waals surface area contributed by atoms with Crippen LogP contribution in [-0.2, 0) is 19.4 Å². The second-order valence-electron chi connectivity index (χ2n) is 5.71. The SMILES string of the molecule is O=C(Nc1cccc2c(O)cccc12)C(=O)NC1CCS(=O)(=O)C1. The van der Waals surface area contributed by atoms with Crippen molar-refractivity contribution in [2.45, 2.75) is 12.5 Å². The molecular formula is C16H16N2O5S. The van der Waals surface area contributed by atoms with Gasteiger partial charge in [0.05, 0.1) is 11.5 Å². The van der Waals surface area contributed by atoms with Crippen LogP contribution in [0.3, 0.4) is 0 Å². The minimum atomic E-state index is -3.13. The number of phenols is 1. The van der Waals surface area contributed by atoms with Crippen molar-refractivity contribution in [1.82, 2.24) is 5.32 Å². The maximum Gasteiger partial charge on any atom is 0.313 e. The van der Waals surface area contributed by atoms with Crippen molar-refractivity contribution < 1.29 is 23.1 Å². The summed E-state index contributed by atoms with van der Waals surface area (Å²) in [6, 6.07) is 9.31. The van der Waals surface area contributed by atoms with Gasteiger partial charge in [-0.25, -0.2) is 8.42 Å². The summed E-state index contributed by atoms with van der Waals surface area (Å²) in [5, 5.41) is 15.9. The maximum atomic E-state index is 12.1. The number of hydrogen-bond donors (Lipinski definition) is 3. The van der Waals surface area contributed by atoms with Crippen LogP contribution in [0.2, 0.25) is 0 Å². The minimum Gasteiger partial charge on any atom is -0.507 e. The van der Waals surface area contributed by atoms with Gasteiger partial charge in [-0.2, -0.15) is 0 Å². The summed E-state index contributed by atoms with van der Waals surface area (Å²) in [7, 11) is -3.13.